The zero-order chi connectivity index (χ0) is 40.1. The second-order valence-corrected chi connectivity index (χ2v) is 18.1. The Hall–Kier alpha value is -7.00. The molecule has 10 aromatic rings. The molecule has 0 bridgehead atoms. The molecule has 13 rings (SSSR count). The van der Waals surface area contributed by atoms with Gasteiger partial charge in [0.15, 0.2) is 0 Å². The fraction of sp³-hybridized carbons (Fsp3) is 0.0847. The monoisotopic (exact) mass is 795 g/mol. The van der Waals surface area contributed by atoms with Crippen molar-refractivity contribution < 1.29 is 0 Å². The molecule has 0 atom stereocenters. The zero-order valence-corrected chi connectivity index (χ0v) is 34.6. The first kappa shape index (κ1) is 34.8. The van der Waals surface area contributed by atoms with E-state index in [2.05, 4.69) is 205 Å². The van der Waals surface area contributed by atoms with Crippen LogP contribution >= 0.6 is 11.3 Å². The molecule has 0 fully saturated rings. The highest BCUT2D eigenvalue weighted by Crippen LogP contribution is 2.64. The number of anilines is 3. The third-order valence-electron chi connectivity index (χ3n) is 13.9. The Morgan fingerprint density at radius 2 is 0.967 bits per heavy atom. The standard InChI is InChI=1S/C59H41NS/c1-2-15-38(16-3-1)39-29-31-41(32-30-39)60(42-33-34-58-51(35-42)48-23-9-13-28-57(48)61-58)56-37-55-49(36-50(56)44-24-14-18-40-17-4-5-19-43(40)44)47-22-8-12-27-54(47)59(55)52-25-10-6-20-45(52)46-21-7-11-26-53(46)59/h1-3,6-16,18,20-37H,4-5,17,19H2. The summed E-state index contributed by atoms with van der Waals surface area (Å²) in [5, 5.41) is 2.61. The molecule has 1 aromatic heterocycles. The second kappa shape index (κ2) is 13.5. The Kier molecular flexibility index (Phi) is 7.71. The lowest BCUT2D eigenvalue weighted by Crippen LogP contribution is -2.26. The van der Waals surface area contributed by atoms with Gasteiger partial charge in [0.1, 0.15) is 0 Å². The molecular formula is C59H41NS. The summed E-state index contributed by atoms with van der Waals surface area (Å²) in [4.78, 5) is 2.57. The SMILES string of the molecule is c1ccc(-c2ccc(N(c3ccc4sc5ccccc5c4c3)c3cc4c(cc3-c3cccc5c3CCCC5)-c3ccccc3C43c4ccccc4-c4ccccc43)cc2)cc1. The van der Waals surface area contributed by atoms with E-state index >= 15 is 0 Å². The average molecular weight is 796 g/mol. The van der Waals surface area contributed by atoms with Gasteiger partial charge < -0.3 is 4.90 Å². The Morgan fingerprint density at radius 3 is 1.72 bits per heavy atom. The number of hydrogen-bond donors (Lipinski definition) is 0. The molecule has 3 aliphatic carbocycles. The lowest BCUT2D eigenvalue weighted by Gasteiger charge is -2.34. The van der Waals surface area contributed by atoms with Crippen molar-refractivity contribution in [3.8, 4) is 44.5 Å². The summed E-state index contributed by atoms with van der Waals surface area (Å²) in [5.74, 6) is 0. The lowest BCUT2D eigenvalue weighted by atomic mass is 9.70. The maximum atomic E-state index is 2.60. The number of aryl methyl sites for hydroxylation is 1. The van der Waals surface area contributed by atoms with Gasteiger partial charge in [-0.2, -0.15) is 0 Å². The van der Waals surface area contributed by atoms with Gasteiger partial charge in [0.05, 0.1) is 11.1 Å². The van der Waals surface area contributed by atoms with E-state index in [4.69, 9.17) is 0 Å². The van der Waals surface area contributed by atoms with Gasteiger partial charge in [-0.3, -0.25) is 0 Å². The molecule has 61 heavy (non-hydrogen) atoms. The van der Waals surface area contributed by atoms with Gasteiger partial charge in [0, 0.05) is 37.1 Å². The topological polar surface area (TPSA) is 3.24 Å². The number of rotatable bonds is 5. The molecular weight excluding hydrogens is 755 g/mol. The average Bonchev–Trinajstić information content (AvgIpc) is 3.95. The minimum atomic E-state index is -0.459. The first-order chi connectivity index (χ1) is 30.3. The summed E-state index contributed by atoms with van der Waals surface area (Å²) >= 11 is 1.88. The van der Waals surface area contributed by atoms with Crippen molar-refractivity contribution in [1.82, 2.24) is 0 Å². The van der Waals surface area contributed by atoms with Crippen molar-refractivity contribution >= 4 is 48.6 Å². The third kappa shape index (κ3) is 5.06. The van der Waals surface area contributed by atoms with Crippen molar-refractivity contribution in [2.24, 2.45) is 0 Å². The molecule has 3 aliphatic rings. The summed E-state index contributed by atoms with van der Waals surface area (Å²) in [6, 6.07) is 75.8. The maximum absolute atomic E-state index is 2.60. The van der Waals surface area contributed by atoms with Gasteiger partial charge in [-0.25, -0.2) is 0 Å². The van der Waals surface area contributed by atoms with Gasteiger partial charge in [-0.1, -0.05) is 152 Å². The molecule has 0 saturated heterocycles. The van der Waals surface area contributed by atoms with E-state index in [1.165, 1.54) is 117 Å². The van der Waals surface area contributed by atoms with Crippen LogP contribution in [0, 0.1) is 0 Å². The molecule has 0 N–H and O–H groups in total. The third-order valence-corrected chi connectivity index (χ3v) is 15.0. The van der Waals surface area contributed by atoms with E-state index in [0.29, 0.717) is 0 Å². The number of fused-ring (bicyclic) bond motifs is 14. The Bertz CT molecular complexity index is 3330. The van der Waals surface area contributed by atoms with Gasteiger partial charge >= 0.3 is 0 Å². The van der Waals surface area contributed by atoms with Crippen LogP contribution in [0.2, 0.25) is 0 Å². The molecule has 0 saturated carbocycles. The van der Waals surface area contributed by atoms with Crippen molar-refractivity contribution in [3.63, 3.8) is 0 Å². The number of thiophene rings is 1. The number of nitrogens with zero attached hydrogens (tertiary/aromatic N) is 1. The quantitative estimate of drug-likeness (QED) is 0.168. The van der Waals surface area contributed by atoms with Gasteiger partial charge in [0.2, 0.25) is 0 Å². The smallest absolute Gasteiger partial charge is 0.0726 e. The first-order valence-electron chi connectivity index (χ1n) is 21.7. The number of hydrogen-bond acceptors (Lipinski definition) is 2. The molecule has 0 unspecified atom stereocenters. The highest BCUT2D eigenvalue weighted by molar-refractivity contribution is 7.25. The van der Waals surface area contributed by atoms with Crippen molar-refractivity contribution in [2.45, 2.75) is 31.1 Å². The summed E-state index contributed by atoms with van der Waals surface area (Å²) in [7, 11) is 0. The molecule has 2 heteroatoms. The van der Waals surface area contributed by atoms with E-state index < -0.39 is 5.41 Å². The van der Waals surface area contributed by atoms with E-state index in [9.17, 15) is 0 Å². The Morgan fingerprint density at radius 1 is 0.377 bits per heavy atom. The molecule has 0 aliphatic heterocycles. The van der Waals surface area contributed by atoms with Crippen molar-refractivity contribution in [2.75, 3.05) is 4.90 Å². The summed E-state index contributed by atoms with van der Waals surface area (Å²) < 4.78 is 2.63. The molecule has 1 heterocycles. The van der Waals surface area contributed by atoms with Crippen molar-refractivity contribution in [1.29, 1.82) is 0 Å². The maximum Gasteiger partial charge on any atom is 0.0726 e. The van der Waals surface area contributed by atoms with Crippen LogP contribution in [0.25, 0.3) is 64.7 Å². The predicted molar refractivity (Wildman–Crippen MR) is 258 cm³/mol. The van der Waals surface area contributed by atoms with E-state index in [0.717, 1.165) is 24.2 Å². The minimum absolute atomic E-state index is 0.459. The molecule has 0 radical (unpaired) electrons. The van der Waals surface area contributed by atoms with Crippen LogP contribution < -0.4 is 4.90 Å². The zero-order valence-electron chi connectivity index (χ0n) is 33.7. The second-order valence-electron chi connectivity index (χ2n) is 17.0. The van der Waals surface area contributed by atoms with Gasteiger partial charge in [-0.15, -0.1) is 11.3 Å². The van der Waals surface area contributed by atoms with Crippen molar-refractivity contribution in [3.05, 3.63) is 234 Å². The molecule has 9 aromatic carbocycles. The fourth-order valence-electron chi connectivity index (χ4n) is 11.3. The highest BCUT2D eigenvalue weighted by Gasteiger charge is 2.52. The van der Waals surface area contributed by atoms with Crippen LogP contribution in [0.4, 0.5) is 17.1 Å². The van der Waals surface area contributed by atoms with E-state index in [-0.39, 0.29) is 0 Å². The van der Waals surface area contributed by atoms with Gasteiger partial charge in [-0.05, 0) is 147 Å². The first-order valence-corrected chi connectivity index (χ1v) is 22.5. The van der Waals surface area contributed by atoms with Crippen LogP contribution in [0.15, 0.2) is 200 Å². The fourth-order valence-corrected chi connectivity index (χ4v) is 12.4. The minimum Gasteiger partial charge on any atom is -0.310 e. The summed E-state index contributed by atoms with van der Waals surface area (Å²) in [6.45, 7) is 0. The summed E-state index contributed by atoms with van der Waals surface area (Å²) in [5.41, 5.74) is 21.9. The van der Waals surface area contributed by atoms with Gasteiger partial charge in [0.25, 0.3) is 0 Å². The van der Waals surface area contributed by atoms with Crippen LogP contribution in [0.1, 0.15) is 46.2 Å². The molecule has 1 nitrogen and oxygen atoms in total. The van der Waals surface area contributed by atoms with Crippen LogP contribution in [-0.4, -0.2) is 0 Å². The molecule has 1 spiro atoms. The van der Waals surface area contributed by atoms with Crippen LogP contribution in [0.3, 0.4) is 0 Å². The Labute approximate surface area is 360 Å². The molecule has 288 valence electrons. The summed E-state index contributed by atoms with van der Waals surface area (Å²) in [6.07, 6.45) is 4.70. The highest BCUT2D eigenvalue weighted by atomic mass is 32.1. The number of benzene rings is 9. The predicted octanol–water partition coefficient (Wildman–Crippen LogP) is 16.1. The van der Waals surface area contributed by atoms with Crippen LogP contribution in [-0.2, 0) is 18.3 Å². The van der Waals surface area contributed by atoms with E-state index in [1.54, 1.807) is 0 Å². The lowest BCUT2D eigenvalue weighted by molar-refractivity contribution is 0.687. The van der Waals surface area contributed by atoms with Crippen LogP contribution in [0.5, 0.6) is 0 Å². The normalized spacial score (nSPS) is 14.1. The Balaban J connectivity index is 1.15. The van der Waals surface area contributed by atoms with E-state index in [1.807, 2.05) is 11.3 Å². The largest absolute Gasteiger partial charge is 0.310 e. The molecule has 0 amide bonds.